The molecule has 2 heterocycles. The summed E-state index contributed by atoms with van der Waals surface area (Å²) in [6.07, 6.45) is -2.39. The smallest absolute Gasteiger partial charge is 0.416 e. The lowest BCUT2D eigenvalue weighted by molar-refractivity contribution is -0.137. The Bertz CT molecular complexity index is 1610. The number of ether oxygens (including phenoxy) is 1. The van der Waals surface area contributed by atoms with Crippen LogP contribution in [0.3, 0.4) is 0 Å². The first-order valence-corrected chi connectivity index (χ1v) is 13.9. The van der Waals surface area contributed by atoms with E-state index < -0.39 is 35.5 Å². The van der Waals surface area contributed by atoms with Crippen molar-refractivity contribution >= 4 is 29.2 Å². The van der Waals surface area contributed by atoms with Crippen LogP contribution in [0.4, 0.5) is 28.4 Å². The van der Waals surface area contributed by atoms with Crippen LogP contribution in [-0.2, 0) is 15.7 Å². The van der Waals surface area contributed by atoms with Crippen LogP contribution in [0.5, 0.6) is 0 Å². The first-order valence-electron chi connectivity index (χ1n) is 13.9. The summed E-state index contributed by atoms with van der Waals surface area (Å²) in [5.74, 6) is -0.194. The van der Waals surface area contributed by atoms with Crippen molar-refractivity contribution in [3.63, 3.8) is 0 Å². The lowest BCUT2D eigenvalue weighted by atomic mass is 9.85. The molecular formula is C32H31F3N4O4. The molecule has 3 amide bonds. The van der Waals surface area contributed by atoms with Crippen LogP contribution < -0.4 is 4.90 Å². The van der Waals surface area contributed by atoms with Gasteiger partial charge in [0.2, 0.25) is 0 Å². The zero-order chi connectivity index (χ0) is 31.3. The minimum absolute atomic E-state index is 0.0320. The number of ketones is 1. The highest BCUT2D eigenvalue weighted by Gasteiger charge is 2.45. The van der Waals surface area contributed by atoms with Gasteiger partial charge in [-0.15, -0.1) is 0 Å². The maximum atomic E-state index is 13.9. The van der Waals surface area contributed by atoms with E-state index in [2.05, 4.69) is 6.07 Å². The van der Waals surface area contributed by atoms with Gasteiger partial charge in [0.1, 0.15) is 5.60 Å². The third-order valence-corrected chi connectivity index (χ3v) is 7.74. The largest absolute Gasteiger partial charge is 0.444 e. The van der Waals surface area contributed by atoms with Gasteiger partial charge in [-0.05, 0) is 80.6 Å². The molecule has 0 fully saturated rings. The van der Waals surface area contributed by atoms with Crippen molar-refractivity contribution in [2.45, 2.75) is 57.9 Å². The predicted octanol–water partition coefficient (Wildman–Crippen LogP) is 6.83. The monoisotopic (exact) mass is 592 g/mol. The minimum Gasteiger partial charge on any atom is -0.444 e. The van der Waals surface area contributed by atoms with Crippen molar-refractivity contribution in [1.29, 1.82) is 5.26 Å². The molecule has 2 aromatic rings. The molecule has 8 nitrogen and oxygen atoms in total. The summed E-state index contributed by atoms with van der Waals surface area (Å²) in [4.78, 5) is 44.0. The first-order chi connectivity index (χ1) is 20.2. The van der Waals surface area contributed by atoms with E-state index in [1.54, 1.807) is 43.9 Å². The molecule has 2 aliphatic heterocycles. The predicted molar refractivity (Wildman–Crippen MR) is 153 cm³/mol. The van der Waals surface area contributed by atoms with Crippen molar-refractivity contribution < 1.29 is 32.3 Å². The molecule has 1 aliphatic carbocycles. The number of carbonyl (C=O) groups excluding carboxylic acids is 3. The van der Waals surface area contributed by atoms with Gasteiger partial charge in [0.25, 0.3) is 0 Å². The number of alkyl halides is 3. The molecule has 11 heteroatoms. The number of hydrogen-bond donors (Lipinski definition) is 0. The number of allylic oxidation sites excluding steroid dienone is 1. The number of carbonyl (C=O) groups is 3. The molecule has 43 heavy (non-hydrogen) atoms. The van der Waals surface area contributed by atoms with Crippen molar-refractivity contribution in [3.05, 3.63) is 82.1 Å². The molecule has 224 valence electrons. The summed E-state index contributed by atoms with van der Waals surface area (Å²) in [6, 6.07) is 10.3. The highest BCUT2D eigenvalue weighted by atomic mass is 19.4. The number of likely N-dealkylation sites (N-methyl/N-ethyl adjacent to an activating group) is 1. The van der Waals surface area contributed by atoms with Crippen LogP contribution >= 0.6 is 0 Å². The summed E-state index contributed by atoms with van der Waals surface area (Å²) < 4.78 is 46.0. The van der Waals surface area contributed by atoms with Crippen molar-refractivity contribution in [2.75, 3.05) is 25.0 Å². The zero-order valence-electron chi connectivity index (χ0n) is 24.3. The van der Waals surface area contributed by atoms with E-state index in [9.17, 15) is 32.8 Å². The van der Waals surface area contributed by atoms with Crippen molar-refractivity contribution in [1.82, 2.24) is 9.80 Å². The van der Waals surface area contributed by atoms with Crippen molar-refractivity contribution in [2.24, 2.45) is 0 Å². The second-order valence-corrected chi connectivity index (χ2v) is 11.8. The summed E-state index contributed by atoms with van der Waals surface area (Å²) in [7, 11) is 1.52. The Morgan fingerprint density at radius 2 is 1.79 bits per heavy atom. The Morgan fingerprint density at radius 1 is 1.05 bits per heavy atom. The number of amides is 3. The standard InChI is InChI=1S/C32H31F3N4O4/c1-31(2,3)43-30(42)38-14-12-20(13-15-38)24-16-19(18-36)8-9-23(24)28-27-25(10-11-26(27)40)39(29(41)37(28)4)22-7-5-6-21(17-22)32(33,34)35/h5-9,12,16-17,28H,10-11,13-15H2,1-4H3. The molecule has 1 atom stereocenters. The topological polar surface area (TPSA) is 94.0 Å². The number of hydrogen-bond acceptors (Lipinski definition) is 5. The van der Waals surface area contributed by atoms with E-state index in [0.29, 0.717) is 40.9 Å². The molecule has 2 aromatic carbocycles. The fourth-order valence-corrected chi connectivity index (χ4v) is 5.78. The van der Waals surface area contributed by atoms with E-state index in [4.69, 9.17) is 4.74 Å². The fraction of sp³-hybridized carbons (Fsp3) is 0.375. The Labute approximate surface area is 247 Å². The Hall–Kier alpha value is -4.59. The van der Waals surface area contributed by atoms with Gasteiger partial charge in [0.15, 0.2) is 5.78 Å². The number of nitrogens with zero attached hydrogens (tertiary/aromatic N) is 4. The summed E-state index contributed by atoms with van der Waals surface area (Å²) >= 11 is 0. The van der Waals surface area contributed by atoms with Crippen LogP contribution in [0.25, 0.3) is 5.57 Å². The normalized spacial score (nSPS) is 19.3. The number of anilines is 1. The minimum atomic E-state index is -4.60. The zero-order valence-corrected chi connectivity index (χ0v) is 24.3. The molecule has 5 rings (SSSR count). The number of nitriles is 1. The number of halogens is 3. The van der Waals surface area contributed by atoms with E-state index in [-0.39, 0.29) is 30.9 Å². The van der Waals surface area contributed by atoms with Gasteiger partial charge in [-0.3, -0.25) is 9.69 Å². The Kier molecular flexibility index (Phi) is 7.59. The Balaban J connectivity index is 1.57. The maximum absolute atomic E-state index is 13.9. The van der Waals surface area contributed by atoms with Crippen LogP contribution in [0, 0.1) is 11.3 Å². The highest BCUT2D eigenvalue weighted by molar-refractivity contribution is 6.08. The van der Waals surface area contributed by atoms with Gasteiger partial charge in [0.05, 0.1) is 28.9 Å². The molecule has 0 saturated carbocycles. The van der Waals surface area contributed by atoms with Gasteiger partial charge in [-0.2, -0.15) is 18.4 Å². The van der Waals surface area contributed by atoms with E-state index in [1.165, 1.54) is 29.0 Å². The quantitative estimate of drug-likeness (QED) is 0.390. The highest BCUT2D eigenvalue weighted by Crippen LogP contribution is 2.47. The van der Waals surface area contributed by atoms with Crippen molar-refractivity contribution in [3.8, 4) is 6.07 Å². The summed E-state index contributed by atoms with van der Waals surface area (Å²) in [6.45, 7) is 6.01. The molecule has 3 aliphatic rings. The number of urea groups is 1. The third-order valence-electron chi connectivity index (χ3n) is 7.74. The van der Waals surface area contributed by atoms with Gasteiger partial charge in [-0.1, -0.05) is 18.2 Å². The number of Topliss-reactive ketones (excluding diaryl/α,β-unsaturated/α-hetero) is 1. The van der Waals surface area contributed by atoms with Gasteiger partial charge in [-0.25, -0.2) is 9.59 Å². The molecule has 0 aromatic heterocycles. The van der Waals surface area contributed by atoms with Crippen LogP contribution in [-0.4, -0.2) is 53.4 Å². The first kappa shape index (κ1) is 29.9. The van der Waals surface area contributed by atoms with E-state index in [1.807, 2.05) is 6.08 Å². The molecule has 1 unspecified atom stereocenters. The Morgan fingerprint density at radius 3 is 2.42 bits per heavy atom. The fourth-order valence-electron chi connectivity index (χ4n) is 5.78. The number of benzene rings is 2. The molecule has 0 N–H and O–H groups in total. The summed E-state index contributed by atoms with van der Waals surface area (Å²) in [5, 5.41) is 9.66. The van der Waals surface area contributed by atoms with E-state index in [0.717, 1.165) is 17.7 Å². The SMILES string of the molecule is CN1C(=O)N(c2cccc(C(F)(F)F)c2)C2=C(C(=O)CC2)C1c1ccc(C#N)cc1C1=CCN(C(=O)OC(C)(C)C)CC1. The molecular weight excluding hydrogens is 561 g/mol. The van der Waals surface area contributed by atoms with Crippen LogP contribution in [0.15, 0.2) is 59.8 Å². The molecule has 0 spiro atoms. The summed E-state index contributed by atoms with van der Waals surface area (Å²) in [5.41, 5.74) is 1.74. The average Bonchev–Trinajstić information content (AvgIpc) is 3.32. The van der Waals surface area contributed by atoms with Gasteiger partial charge in [0, 0.05) is 37.8 Å². The molecule has 0 saturated heterocycles. The third kappa shape index (κ3) is 5.74. The second kappa shape index (κ2) is 10.9. The van der Waals surface area contributed by atoms with Gasteiger partial charge < -0.3 is 14.5 Å². The second-order valence-electron chi connectivity index (χ2n) is 11.8. The lowest BCUT2D eigenvalue weighted by Gasteiger charge is -2.41. The number of rotatable bonds is 3. The average molecular weight is 593 g/mol. The molecule has 0 bridgehead atoms. The van der Waals surface area contributed by atoms with Gasteiger partial charge >= 0.3 is 18.3 Å². The lowest BCUT2D eigenvalue weighted by Crippen LogP contribution is -2.48. The van der Waals surface area contributed by atoms with E-state index >= 15 is 0 Å². The van der Waals surface area contributed by atoms with Crippen LogP contribution in [0.2, 0.25) is 0 Å². The van der Waals surface area contributed by atoms with Crippen LogP contribution in [0.1, 0.15) is 68.3 Å². The maximum Gasteiger partial charge on any atom is 0.416 e. The molecule has 0 radical (unpaired) electrons.